The lowest BCUT2D eigenvalue weighted by molar-refractivity contribution is -0.895. The highest BCUT2D eigenvalue weighted by molar-refractivity contribution is 6.31. The molecule has 2 aromatic heterocycles. The Morgan fingerprint density at radius 1 is 1.14 bits per heavy atom. The highest BCUT2D eigenvalue weighted by atomic mass is 35.5. The van der Waals surface area contributed by atoms with Crippen molar-refractivity contribution in [3.05, 3.63) is 74.9 Å². The fourth-order valence-electron chi connectivity index (χ4n) is 4.00. The zero-order valence-electron chi connectivity index (χ0n) is 16.4. The Labute approximate surface area is 173 Å². The van der Waals surface area contributed by atoms with E-state index in [0.29, 0.717) is 28.1 Å². The molecule has 1 aromatic carbocycles. The van der Waals surface area contributed by atoms with Crippen LogP contribution in [0.4, 0.5) is 0 Å². The van der Waals surface area contributed by atoms with Gasteiger partial charge in [-0.3, -0.25) is 14.6 Å². The van der Waals surface area contributed by atoms with E-state index in [1.54, 1.807) is 35.5 Å². The van der Waals surface area contributed by atoms with Crippen LogP contribution in [0.25, 0.3) is 11.0 Å². The summed E-state index contributed by atoms with van der Waals surface area (Å²) in [5.41, 5.74) is 1.38. The van der Waals surface area contributed by atoms with Crippen LogP contribution in [-0.4, -0.2) is 42.0 Å². The standard InChI is InChI=1S/C22H22ClN3O3/c1-3-25(4-2)11-12-26-19(14-7-9-24-10-8-14)18-20(27)16-13-15(23)5-6-17(16)29-21(18)22(26)28/h5-10,13,19H,3-4,11-12H2,1-2H3/p+1/t19-/m0/s1. The van der Waals surface area contributed by atoms with Gasteiger partial charge < -0.3 is 14.2 Å². The van der Waals surface area contributed by atoms with Crippen LogP contribution in [0.5, 0.6) is 0 Å². The molecule has 1 N–H and O–H groups in total. The summed E-state index contributed by atoms with van der Waals surface area (Å²) in [7, 11) is 0. The minimum Gasteiger partial charge on any atom is -0.450 e. The van der Waals surface area contributed by atoms with Crippen molar-refractivity contribution in [3.8, 4) is 0 Å². The average molecular weight is 413 g/mol. The minimum atomic E-state index is -0.491. The minimum absolute atomic E-state index is 0.126. The normalized spacial score (nSPS) is 16.1. The molecular formula is C22H23ClN3O3+. The second-order valence-corrected chi connectivity index (χ2v) is 7.64. The van der Waals surface area contributed by atoms with Crippen LogP contribution in [0.2, 0.25) is 5.02 Å². The monoisotopic (exact) mass is 412 g/mol. The number of benzene rings is 1. The Hall–Kier alpha value is -2.70. The second-order valence-electron chi connectivity index (χ2n) is 7.20. The van der Waals surface area contributed by atoms with Crippen LogP contribution < -0.4 is 10.3 Å². The summed E-state index contributed by atoms with van der Waals surface area (Å²) in [6.07, 6.45) is 3.34. The Morgan fingerprint density at radius 3 is 2.55 bits per heavy atom. The number of carbonyl (C=O) groups excluding carboxylic acids is 1. The van der Waals surface area contributed by atoms with Crippen molar-refractivity contribution in [1.82, 2.24) is 9.88 Å². The molecule has 4 rings (SSSR count). The highest BCUT2D eigenvalue weighted by Crippen LogP contribution is 2.37. The van der Waals surface area contributed by atoms with Crippen LogP contribution in [0.1, 0.15) is 41.6 Å². The Bertz CT molecular complexity index is 1110. The van der Waals surface area contributed by atoms with Gasteiger partial charge in [-0.15, -0.1) is 0 Å². The smallest absolute Gasteiger partial charge is 0.291 e. The molecule has 6 nitrogen and oxygen atoms in total. The molecule has 3 heterocycles. The first-order valence-corrected chi connectivity index (χ1v) is 10.2. The van der Waals surface area contributed by atoms with Crippen molar-refractivity contribution in [2.24, 2.45) is 0 Å². The molecule has 3 aromatic rings. The largest absolute Gasteiger partial charge is 0.450 e. The lowest BCUT2D eigenvalue weighted by Crippen LogP contribution is -3.12. The van der Waals surface area contributed by atoms with E-state index < -0.39 is 6.04 Å². The van der Waals surface area contributed by atoms with Gasteiger partial charge in [0.25, 0.3) is 5.91 Å². The number of fused-ring (bicyclic) bond motifs is 2. The molecule has 0 saturated carbocycles. The van der Waals surface area contributed by atoms with Crippen LogP contribution in [0, 0.1) is 0 Å². The molecular weight excluding hydrogens is 390 g/mol. The third-order valence-corrected chi connectivity index (χ3v) is 5.89. The van der Waals surface area contributed by atoms with E-state index in [1.165, 1.54) is 4.90 Å². The first-order chi connectivity index (χ1) is 14.0. The maximum atomic E-state index is 13.4. The maximum absolute atomic E-state index is 13.4. The zero-order valence-corrected chi connectivity index (χ0v) is 17.2. The fourth-order valence-corrected chi connectivity index (χ4v) is 4.17. The molecule has 150 valence electrons. The number of hydrogen-bond acceptors (Lipinski definition) is 4. The number of halogens is 1. The van der Waals surface area contributed by atoms with E-state index in [2.05, 4.69) is 18.8 Å². The molecule has 1 atom stereocenters. The van der Waals surface area contributed by atoms with Gasteiger partial charge in [0.05, 0.1) is 43.2 Å². The van der Waals surface area contributed by atoms with E-state index in [9.17, 15) is 9.59 Å². The molecule has 0 unspecified atom stereocenters. The Kier molecular flexibility index (Phi) is 5.39. The second kappa shape index (κ2) is 7.97. The van der Waals surface area contributed by atoms with Gasteiger partial charge in [-0.25, -0.2) is 0 Å². The van der Waals surface area contributed by atoms with Crippen molar-refractivity contribution in [3.63, 3.8) is 0 Å². The Balaban J connectivity index is 1.87. The molecule has 1 amide bonds. The molecule has 0 bridgehead atoms. The molecule has 0 saturated heterocycles. The lowest BCUT2D eigenvalue weighted by Gasteiger charge is -2.26. The summed E-state index contributed by atoms with van der Waals surface area (Å²) >= 11 is 6.10. The fraction of sp³-hybridized carbons (Fsp3) is 0.318. The van der Waals surface area contributed by atoms with Gasteiger partial charge in [-0.1, -0.05) is 11.6 Å². The molecule has 0 fully saturated rings. The van der Waals surface area contributed by atoms with E-state index in [4.69, 9.17) is 16.0 Å². The molecule has 29 heavy (non-hydrogen) atoms. The third kappa shape index (κ3) is 3.43. The quantitative estimate of drug-likeness (QED) is 0.674. The number of nitrogens with one attached hydrogen (secondary N) is 1. The van der Waals surface area contributed by atoms with Crippen molar-refractivity contribution in [1.29, 1.82) is 0 Å². The first kappa shape index (κ1) is 19.6. The number of likely N-dealkylation sites (N-methyl/N-ethyl adjacent to an activating group) is 1. The predicted molar refractivity (Wildman–Crippen MR) is 112 cm³/mol. The molecule has 0 spiro atoms. The topological polar surface area (TPSA) is 67.8 Å². The number of nitrogens with zero attached hydrogens (tertiary/aromatic N) is 2. The Morgan fingerprint density at radius 2 is 1.86 bits per heavy atom. The third-order valence-electron chi connectivity index (χ3n) is 5.66. The van der Waals surface area contributed by atoms with E-state index >= 15 is 0 Å². The van der Waals surface area contributed by atoms with Crippen LogP contribution >= 0.6 is 11.6 Å². The van der Waals surface area contributed by atoms with E-state index in [-0.39, 0.29) is 17.1 Å². The molecule has 1 aliphatic rings. The van der Waals surface area contributed by atoms with Crippen molar-refractivity contribution >= 4 is 28.5 Å². The molecule has 7 heteroatoms. The predicted octanol–water partition coefficient (Wildman–Crippen LogP) is 2.31. The van der Waals surface area contributed by atoms with E-state index in [0.717, 1.165) is 25.2 Å². The number of rotatable bonds is 6. The summed E-state index contributed by atoms with van der Waals surface area (Å²) in [4.78, 5) is 33.9. The molecule has 0 radical (unpaired) electrons. The summed E-state index contributed by atoms with van der Waals surface area (Å²) in [6.45, 7) is 7.54. The van der Waals surface area contributed by atoms with Crippen molar-refractivity contribution < 1.29 is 14.1 Å². The SMILES string of the molecule is CC[NH+](CC)CCN1C(=O)c2oc3ccc(Cl)cc3c(=O)c2[C@@H]1c1ccncc1. The van der Waals surface area contributed by atoms with Crippen LogP contribution in [-0.2, 0) is 0 Å². The summed E-state index contributed by atoms with van der Waals surface area (Å²) in [5.74, 6) is -0.122. The highest BCUT2D eigenvalue weighted by Gasteiger charge is 2.42. The van der Waals surface area contributed by atoms with Gasteiger partial charge in [0.1, 0.15) is 5.58 Å². The number of hydrogen-bond donors (Lipinski definition) is 1. The van der Waals surface area contributed by atoms with Crippen molar-refractivity contribution in [2.75, 3.05) is 26.2 Å². The number of aromatic nitrogens is 1. The van der Waals surface area contributed by atoms with Gasteiger partial charge in [0.2, 0.25) is 5.76 Å². The lowest BCUT2D eigenvalue weighted by atomic mass is 9.99. The van der Waals surface area contributed by atoms with Crippen LogP contribution in [0.3, 0.4) is 0 Å². The van der Waals surface area contributed by atoms with Gasteiger partial charge in [0, 0.05) is 17.4 Å². The van der Waals surface area contributed by atoms with Gasteiger partial charge in [-0.05, 0) is 49.7 Å². The molecule has 0 aliphatic carbocycles. The number of quaternary nitrogens is 1. The maximum Gasteiger partial charge on any atom is 0.291 e. The molecule has 1 aliphatic heterocycles. The summed E-state index contributed by atoms with van der Waals surface area (Å²) < 4.78 is 5.92. The summed E-state index contributed by atoms with van der Waals surface area (Å²) in [6, 6.07) is 8.07. The van der Waals surface area contributed by atoms with Gasteiger partial charge >= 0.3 is 0 Å². The number of pyridine rings is 1. The van der Waals surface area contributed by atoms with Crippen molar-refractivity contribution in [2.45, 2.75) is 19.9 Å². The number of amides is 1. The van der Waals surface area contributed by atoms with Gasteiger partial charge in [-0.2, -0.15) is 0 Å². The number of carbonyl (C=O) groups is 1. The van der Waals surface area contributed by atoms with Crippen LogP contribution in [0.15, 0.2) is 51.9 Å². The van der Waals surface area contributed by atoms with E-state index in [1.807, 2.05) is 12.1 Å². The first-order valence-electron chi connectivity index (χ1n) is 9.85. The van der Waals surface area contributed by atoms with Gasteiger partial charge in [0.15, 0.2) is 5.43 Å². The zero-order chi connectivity index (χ0) is 20.5. The summed E-state index contributed by atoms with van der Waals surface area (Å²) in [5, 5.41) is 0.843. The average Bonchev–Trinajstić information content (AvgIpc) is 3.02.